The van der Waals surface area contributed by atoms with E-state index in [1.54, 1.807) is 11.3 Å². The molecular formula is C49H29N7S. The number of aromatic nitrogens is 7. The molecule has 0 aliphatic carbocycles. The fraction of sp³-hybridized carbons (Fsp3) is 0. The molecular weight excluding hydrogens is 719 g/mol. The molecule has 0 atom stereocenters. The normalized spacial score (nSPS) is 11.9. The minimum absolute atomic E-state index is 0.409. The van der Waals surface area contributed by atoms with Crippen molar-refractivity contribution in [3.63, 3.8) is 0 Å². The Morgan fingerprint density at radius 2 is 0.860 bits per heavy atom. The number of nitrogens with zero attached hydrogens (tertiary/aromatic N) is 7. The Bertz CT molecular complexity index is 3480. The minimum atomic E-state index is 0.409. The molecule has 0 radical (unpaired) electrons. The van der Waals surface area contributed by atoms with Gasteiger partial charge in [0.15, 0.2) is 17.5 Å². The summed E-state index contributed by atoms with van der Waals surface area (Å²) in [5.74, 6) is 2.75. The van der Waals surface area contributed by atoms with E-state index >= 15 is 0 Å². The Morgan fingerprint density at radius 3 is 1.56 bits per heavy atom. The van der Waals surface area contributed by atoms with Gasteiger partial charge in [0.05, 0.1) is 27.5 Å². The van der Waals surface area contributed by atoms with Crippen molar-refractivity contribution in [2.45, 2.75) is 0 Å². The van der Waals surface area contributed by atoms with Gasteiger partial charge < -0.3 is 4.57 Å². The van der Waals surface area contributed by atoms with E-state index in [0.29, 0.717) is 23.3 Å². The lowest BCUT2D eigenvalue weighted by atomic mass is 10.1. The summed E-state index contributed by atoms with van der Waals surface area (Å²) in [6.45, 7) is 0. The number of hydrogen-bond acceptors (Lipinski definition) is 6. The fourth-order valence-electron chi connectivity index (χ4n) is 8.31. The lowest BCUT2D eigenvalue weighted by molar-refractivity contribution is 1.02. The molecule has 0 N–H and O–H groups in total. The van der Waals surface area contributed by atoms with Crippen molar-refractivity contribution >= 4 is 75.3 Å². The number of thiophene rings is 1. The van der Waals surface area contributed by atoms with E-state index in [2.05, 4.69) is 149 Å². The highest BCUT2D eigenvalue weighted by molar-refractivity contribution is 7.25. The van der Waals surface area contributed by atoms with Crippen LogP contribution in [0.4, 0.5) is 0 Å². The summed E-state index contributed by atoms with van der Waals surface area (Å²) in [7, 11) is 0. The highest BCUT2D eigenvalue weighted by Crippen LogP contribution is 2.41. The largest absolute Gasteiger partial charge is 0.309 e. The van der Waals surface area contributed by atoms with Crippen LogP contribution in [0, 0.1) is 0 Å². The topological polar surface area (TPSA) is 74.3 Å². The van der Waals surface area contributed by atoms with E-state index in [1.165, 1.54) is 10.8 Å². The molecule has 0 aliphatic heterocycles. The maximum atomic E-state index is 5.44. The van der Waals surface area contributed by atoms with E-state index in [-0.39, 0.29) is 0 Å². The van der Waals surface area contributed by atoms with E-state index in [0.717, 1.165) is 75.8 Å². The molecule has 0 unspecified atom stereocenters. The van der Waals surface area contributed by atoms with Gasteiger partial charge in [-0.1, -0.05) is 121 Å². The SMILES string of the molecule is c1ccc(-c2nc(-c3ccc4c(c3)c3ccccc3n4-c3ccccc3)nc(-c3nc(-n4c5ccccc5c5ccccc54)c4c(n3)sc3ccccc34)n2)cc1. The van der Waals surface area contributed by atoms with Gasteiger partial charge >= 0.3 is 0 Å². The summed E-state index contributed by atoms with van der Waals surface area (Å²) in [4.78, 5) is 27.0. The molecule has 0 fully saturated rings. The first kappa shape index (κ1) is 31.8. The van der Waals surface area contributed by atoms with Gasteiger partial charge in [-0.15, -0.1) is 11.3 Å². The van der Waals surface area contributed by atoms with Crippen molar-refractivity contribution in [2.75, 3.05) is 0 Å². The van der Waals surface area contributed by atoms with Gasteiger partial charge in [0.25, 0.3) is 0 Å². The molecule has 57 heavy (non-hydrogen) atoms. The average molecular weight is 748 g/mol. The lowest BCUT2D eigenvalue weighted by Gasteiger charge is -2.12. The summed E-state index contributed by atoms with van der Waals surface area (Å²) in [5.41, 5.74) is 7.27. The van der Waals surface area contributed by atoms with Gasteiger partial charge in [-0.3, -0.25) is 4.57 Å². The lowest BCUT2D eigenvalue weighted by Crippen LogP contribution is -2.06. The van der Waals surface area contributed by atoms with Crippen molar-refractivity contribution in [1.82, 2.24) is 34.1 Å². The fourth-order valence-corrected chi connectivity index (χ4v) is 9.38. The van der Waals surface area contributed by atoms with Crippen LogP contribution in [0.3, 0.4) is 0 Å². The van der Waals surface area contributed by atoms with Crippen LogP contribution < -0.4 is 0 Å². The van der Waals surface area contributed by atoms with Crippen molar-refractivity contribution < 1.29 is 0 Å². The highest BCUT2D eigenvalue weighted by atomic mass is 32.1. The van der Waals surface area contributed by atoms with Gasteiger partial charge in [-0.05, 0) is 54.6 Å². The maximum absolute atomic E-state index is 5.44. The first-order valence-corrected chi connectivity index (χ1v) is 19.7. The second kappa shape index (κ2) is 12.5. The van der Waals surface area contributed by atoms with Crippen LogP contribution in [0.2, 0.25) is 0 Å². The Balaban J connectivity index is 1.13. The average Bonchev–Trinajstić information content (AvgIpc) is 3.94. The van der Waals surface area contributed by atoms with Crippen molar-refractivity contribution in [1.29, 1.82) is 0 Å². The Hall–Kier alpha value is -7.55. The van der Waals surface area contributed by atoms with Crippen molar-refractivity contribution in [2.24, 2.45) is 0 Å². The molecule has 0 saturated carbocycles. The summed E-state index contributed by atoms with van der Waals surface area (Å²) in [6.07, 6.45) is 0. The predicted octanol–water partition coefficient (Wildman–Crippen LogP) is 12.2. The minimum Gasteiger partial charge on any atom is -0.309 e. The van der Waals surface area contributed by atoms with Crippen LogP contribution in [0.15, 0.2) is 176 Å². The van der Waals surface area contributed by atoms with Gasteiger partial charge in [-0.25, -0.2) is 24.9 Å². The number of benzene rings is 7. The maximum Gasteiger partial charge on any atom is 0.201 e. The Labute approximate surface area is 329 Å². The van der Waals surface area contributed by atoms with E-state index in [4.69, 9.17) is 24.9 Å². The third-order valence-electron chi connectivity index (χ3n) is 10.8. The molecule has 0 spiro atoms. The van der Waals surface area contributed by atoms with Crippen LogP contribution in [0.1, 0.15) is 0 Å². The molecule has 12 aromatic rings. The van der Waals surface area contributed by atoms with Crippen LogP contribution in [0.5, 0.6) is 0 Å². The highest BCUT2D eigenvalue weighted by Gasteiger charge is 2.23. The van der Waals surface area contributed by atoms with E-state index in [9.17, 15) is 0 Å². The summed E-state index contributed by atoms with van der Waals surface area (Å²) in [5, 5.41) is 6.73. The molecule has 5 heterocycles. The van der Waals surface area contributed by atoms with E-state index in [1.807, 2.05) is 36.4 Å². The van der Waals surface area contributed by atoms with Crippen LogP contribution in [-0.4, -0.2) is 34.1 Å². The Morgan fingerprint density at radius 1 is 0.351 bits per heavy atom. The van der Waals surface area contributed by atoms with Gasteiger partial charge in [0, 0.05) is 48.4 Å². The molecule has 12 rings (SSSR count). The second-order valence-electron chi connectivity index (χ2n) is 14.1. The number of fused-ring (bicyclic) bond motifs is 9. The predicted molar refractivity (Wildman–Crippen MR) is 233 cm³/mol. The van der Waals surface area contributed by atoms with Crippen molar-refractivity contribution in [3.05, 3.63) is 176 Å². The first-order chi connectivity index (χ1) is 28.3. The zero-order valence-electron chi connectivity index (χ0n) is 30.3. The third-order valence-corrected chi connectivity index (χ3v) is 11.9. The number of hydrogen-bond donors (Lipinski definition) is 0. The molecule has 266 valence electrons. The number of rotatable bonds is 5. The molecule has 7 aromatic carbocycles. The third kappa shape index (κ3) is 4.94. The van der Waals surface area contributed by atoms with Gasteiger partial charge in [0.1, 0.15) is 4.83 Å². The second-order valence-corrected chi connectivity index (χ2v) is 15.1. The molecule has 0 amide bonds. The smallest absolute Gasteiger partial charge is 0.201 e. The monoisotopic (exact) mass is 747 g/mol. The van der Waals surface area contributed by atoms with Crippen LogP contribution >= 0.6 is 11.3 Å². The van der Waals surface area contributed by atoms with E-state index < -0.39 is 0 Å². The molecule has 5 aromatic heterocycles. The quantitative estimate of drug-likeness (QED) is 0.175. The standard InChI is InChI=1S/C49H29N7S/c1-3-15-30(16-4-1)44-50-45(31-27-28-41-37(29-31)35-21-9-11-23-38(35)55(41)32-17-5-2-6-18-32)52-46(51-44)47-53-48(43-36-22-10-14-26-42(36)57-49(43)54-47)56-39-24-12-7-19-33(39)34-20-8-13-25-40(34)56/h1-29H. The summed E-state index contributed by atoms with van der Waals surface area (Å²) in [6, 6.07) is 61.1. The molecule has 7 nitrogen and oxygen atoms in total. The molecule has 8 heteroatoms. The van der Waals surface area contributed by atoms with Gasteiger partial charge in [0.2, 0.25) is 11.6 Å². The van der Waals surface area contributed by atoms with Crippen molar-refractivity contribution in [3.8, 4) is 45.9 Å². The summed E-state index contributed by atoms with van der Waals surface area (Å²) >= 11 is 1.66. The summed E-state index contributed by atoms with van der Waals surface area (Å²) < 4.78 is 5.73. The van der Waals surface area contributed by atoms with Crippen LogP contribution in [-0.2, 0) is 0 Å². The molecule has 0 bridgehead atoms. The molecule has 0 aliphatic rings. The number of para-hydroxylation sites is 4. The van der Waals surface area contributed by atoms with Crippen LogP contribution in [0.25, 0.3) is 110 Å². The first-order valence-electron chi connectivity index (χ1n) is 18.9. The zero-order chi connectivity index (χ0) is 37.5. The Kier molecular flexibility index (Phi) is 6.96. The zero-order valence-corrected chi connectivity index (χ0v) is 31.1. The molecule has 0 saturated heterocycles. The van der Waals surface area contributed by atoms with Gasteiger partial charge in [-0.2, -0.15) is 0 Å².